The lowest BCUT2D eigenvalue weighted by molar-refractivity contribution is 0.101. The van der Waals surface area contributed by atoms with Crippen molar-refractivity contribution in [2.75, 3.05) is 11.6 Å². The van der Waals surface area contributed by atoms with Crippen LogP contribution in [0.25, 0.3) is 0 Å². The zero-order chi connectivity index (χ0) is 16.5. The van der Waals surface area contributed by atoms with Crippen molar-refractivity contribution in [2.24, 2.45) is 0 Å². The van der Waals surface area contributed by atoms with Gasteiger partial charge in [-0.2, -0.15) is 0 Å². The highest BCUT2D eigenvalue weighted by Gasteiger charge is 2.18. The Hall–Kier alpha value is -2.28. The van der Waals surface area contributed by atoms with E-state index in [4.69, 9.17) is 0 Å². The number of anilines is 1. The smallest absolute Gasteiger partial charge is 0.261 e. The van der Waals surface area contributed by atoms with Gasteiger partial charge in [-0.15, -0.1) is 0 Å². The van der Waals surface area contributed by atoms with Crippen LogP contribution in [-0.4, -0.2) is 20.6 Å². The second-order valence-corrected chi connectivity index (χ2v) is 6.82. The highest BCUT2D eigenvalue weighted by atomic mass is 32.2. The molecule has 2 aromatic carbocycles. The minimum absolute atomic E-state index is 0.00223. The van der Waals surface area contributed by atoms with Crippen molar-refractivity contribution >= 4 is 21.4 Å². The number of halogens is 2. The van der Waals surface area contributed by atoms with Crippen molar-refractivity contribution in [1.82, 2.24) is 0 Å². The molecule has 0 aliphatic heterocycles. The van der Waals surface area contributed by atoms with Gasteiger partial charge in [0.15, 0.2) is 9.84 Å². The number of aryl methyl sites for hydroxylation is 1. The molecule has 22 heavy (non-hydrogen) atoms. The Morgan fingerprint density at radius 3 is 2.23 bits per heavy atom. The molecule has 0 aromatic heterocycles. The fourth-order valence-corrected chi connectivity index (χ4v) is 2.51. The first-order valence-electron chi connectivity index (χ1n) is 6.26. The van der Waals surface area contributed by atoms with Crippen LogP contribution in [0.5, 0.6) is 0 Å². The predicted molar refractivity (Wildman–Crippen MR) is 78.6 cm³/mol. The van der Waals surface area contributed by atoms with Crippen LogP contribution in [0.4, 0.5) is 14.5 Å². The van der Waals surface area contributed by atoms with Gasteiger partial charge in [0.1, 0.15) is 17.2 Å². The van der Waals surface area contributed by atoms with Crippen molar-refractivity contribution < 1.29 is 22.0 Å². The first kappa shape index (κ1) is 16.1. The Bertz CT molecular complexity index is 828. The molecule has 0 radical (unpaired) electrons. The van der Waals surface area contributed by atoms with Gasteiger partial charge < -0.3 is 5.32 Å². The monoisotopic (exact) mass is 325 g/mol. The molecule has 1 amide bonds. The van der Waals surface area contributed by atoms with Gasteiger partial charge in [-0.1, -0.05) is 12.1 Å². The van der Waals surface area contributed by atoms with Crippen molar-refractivity contribution in [1.29, 1.82) is 0 Å². The van der Waals surface area contributed by atoms with Gasteiger partial charge in [-0.25, -0.2) is 17.2 Å². The number of amides is 1. The minimum atomic E-state index is -3.46. The maximum Gasteiger partial charge on any atom is 0.261 e. The van der Waals surface area contributed by atoms with Crippen molar-refractivity contribution in [3.63, 3.8) is 0 Å². The topological polar surface area (TPSA) is 63.2 Å². The zero-order valence-electron chi connectivity index (χ0n) is 11.9. The van der Waals surface area contributed by atoms with Crippen LogP contribution < -0.4 is 5.32 Å². The number of benzene rings is 2. The highest BCUT2D eigenvalue weighted by Crippen LogP contribution is 2.22. The Balaban J connectivity index is 2.41. The number of carbonyl (C=O) groups excluding carboxylic acids is 1. The number of nitrogens with one attached hydrogen (secondary N) is 1. The quantitative estimate of drug-likeness (QED) is 0.944. The molecule has 0 aliphatic carbocycles. The number of rotatable bonds is 3. The fourth-order valence-electron chi connectivity index (χ4n) is 1.87. The molecule has 0 heterocycles. The SMILES string of the molecule is Cc1ccc(S(C)(=O)=O)cc1NC(=O)c1c(F)cccc1F. The van der Waals surface area contributed by atoms with Gasteiger partial charge in [0, 0.05) is 11.9 Å². The summed E-state index contributed by atoms with van der Waals surface area (Å²) in [6.07, 6.45) is 1.03. The third-order valence-electron chi connectivity index (χ3n) is 3.08. The van der Waals surface area contributed by atoms with Gasteiger partial charge in [-0.3, -0.25) is 4.79 Å². The normalized spacial score (nSPS) is 11.3. The van der Waals surface area contributed by atoms with Crippen LogP contribution in [0, 0.1) is 18.6 Å². The van der Waals surface area contributed by atoms with Crippen LogP contribution in [0.1, 0.15) is 15.9 Å². The van der Waals surface area contributed by atoms with E-state index in [0.29, 0.717) is 5.56 Å². The minimum Gasteiger partial charge on any atom is -0.322 e. The van der Waals surface area contributed by atoms with Gasteiger partial charge in [0.25, 0.3) is 5.91 Å². The third-order valence-corrected chi connectivity index (χ3v) is 4.19. The summed E-state index contributed by atoms with van der Waals surface area (Å²) < 4.78 is 50.2. The predicted octanol–water partition coefficient (Wildman–Crippen LogP) is 2.93. The van der Waals surface area contributed by atoms with E-state index in [1.807, 2.05) is 0 Å². The van der Waals surface area contributed by atoms with E-state index in [-0.39, 0.29) is 10.6 Å². The van der Waals surface area contributed by atoms with Crippen molar-refractivity contribution in [2.45, 2.75) is 11.8 Å². The number of hydrogen-bond donors (Lipinski definition) is 1. The molecule has 0 saturated heterocycles. The Morgan fingerprint density at radius 1 is 1.09 bits per heavy atom. The molecule has 0 aliphatic rings. The van der Waals surface area contributed by atoms with Crippen LogP contribution in [0.2, 0.25) is 0 Å². The van der Waals surface area contributed by atoms with Crippen LogP contribution >= 0.6 is 0 Å². The Morgan fingerprint density at radius 2 is 1.68 bits per heavy atom. The second-order valence-electron chi connectivity index (χ2n) is 4.80. The largest absolute Gasteiger partial charge is 0.322 e. The zero-order valence-corrected chi connectivity index (χ0v) is 12.7. The van der Waals surface area contributed by atoms with E-state index >= 15 is 0 Å². The average molecular weight is 325 g/mol. The van der Waals surface area contributed by atoms with Gasteiger partial charge in [0.05, 0.1) is 4.90 Å². The summed E-state index contributed by atoms with van der Waals surface area (Å²) in [6.45, 7) is 1.64. The van der Waals surface area contributed by atoms with Gasteiger partial charge >= 0.3 is 0 Å². The summed E-state index contributed by atoms with van der Waals surface area (Å²) in [7, 11) is -3.46. The summed E-state index contributed by atoms with van der Waals surface area (Å²) in [5, 5.41) is 2.34. The highest BCUT2D eigenvalue weighted by molar-refractivity contribution is 7.90. The molecule has 0 spiro atoms. The van der Waals surface area contributed by atoms with E-state index < -0.39 is 32.9 Å². The molecule has 0 atom stereocenters. The van der Waals surface area contributed by atoms with Crippen molar-refractivity contribution in [3.05, 3.63) is 59.2 Å². The number of sulfone groups is 1. The standard InChI is InChI=1S/C15H13F2NO3S/c1-9-6-7-10(22(2,20)21)8-13(9)18-15(19)14-11(16)4-3-5-12(14)17/h3-8H,1-2H3,(H,18,19). The molecule has 7 heteroatoms. The summed E-state index contributed by atoms with van der Waals surface area (Å²) in [4.78, 5) is 12.0. The maximum absolute atomic E-state index is 13.6. The molecule has 116 valence electrons. The second kappa shape index (κ2) is 5.84. The van der Waals surface area contributed by atoms with Crippen LogP contribution in [-0.2, 0) is 9.84 Å². The first-order chi connectivity index (χ1) is 10.2. The van der Waals surface area contributed by atoms with E-state index in [1.54, 1.807) is 6.92 Å². The Labute approximate surface area is 126 Å². The molecule has 1 N–H and O–H groups in total. The summed E-state index contributed by atoms with van der Waals surface area (Å²) >= 11 is 0. The molecule has 4 nitrogen and oxygen atoms in total. The van der Waals surface area contributed by atoms with E-state index in [0.717, 1.165) is 24.5 Å². The maximum atomic E-state index is 13.6. The van der Waals surface area contributed by atoms with Crippen LogP contribution in [0.3, 0.4) is 0 Å². The molecule has 2 rings (SSSR count). The fraction of sp³-hybridized carbons (Fsp3) is 0.133. The third kappa shape index (κ3) is 3.30. The Kier molecular flexibility index (Phi) is 4.27. The van der Waals surface area contributed by atoms with E-state index in [2.05, 4.69) is 5.32 Å². The molecular weight excluding hydrogens is 312 g/mol. The lowest BCUT2D eigenvalue weighted by Gasteiger charge is -2.11. The summed E-state index contributed by atoms with van der Waals surface area (Å²) in [5.74, 6) is -2.96. The van der Waals surface area contributed by atoms with Gasteiger partial charge in [0.2, 0.25) is 0 Å². The first-order valence-corrected chi connectivity index (χ1v) is 8.15. The van der Waals surface area contributed by atoms with Crippen molar-refractivity contribution in [3.8, 4) is 0 Å². The van der Waals surface area contributed by atoms with Crippen LogP contribution in [0.15, 0.2) is 41.3 Å². The molecule has 0 saturated carbocycles. The average Bonchev–Trinajstić information content (AvgIpc) is 2.39. The molecule has 0 unspecified atom stereocenters. The molecule has 2 aromatic rings. The number of hydrogen-bond acceptors (Lipinski definition) is 3. The molecular formula is C15H13F2NO3S. The lowest BCUT2D eigenvalue weighted by atomic mass is 10.1. The molecule has 0 fully saturated rings. The van der Waals surface area contributed by atoms with E-state index in [9.17, 15) is 22.0 Å². The summed E-state index contributed by atoms with van der Waals surface area (Å²) in [6, 6.07) is 7.24. The lowest BCUT2D eigenvalue weighted by Crippen LogP contribution is -2.16. The number of carbonyl (C=O) groups is 1. The van der Waals surface area contributed by atoms with E-state index in [1.165, 1.54) is 18.2 Å². The summed E-state index contributed by atoms with van der Waals surface area (Å²) in [5.41, 5.74) is 0.0275. The van der Waals surface area contributed by atoms with Gasteiger partial charge in [-0.05, 0) is 36.8 Å². The molecule has 0 bridgehead atoms.